The van der Waals surface area contributed by atoms with Crippen LogP contribution in [0.25, 0.3) is 10.6 Å². The van der Waals surface area contributed by atoms with Gasteiger partial charge in [-0.25, -0.2) is 4.98 Å². The minimum Gasteiger partial charge on any atom is -0.454 e. The molecule has 0 saturated heterocycles. The first-order valence-electron chi connectivity index (χ1n) is 8.39. The van der Waals surface area contributed by atoms with E-state index in [9.17, 15) is 9.59 Å². The lowest BCUT2D eigenvalue weighted by atomic mass is 10.2. The first-order chi connectivity index (χ1) is 13.5. The molecule has 4 rings (SSSR count). The summed E-state index contributed by atoms with van der Waals surface area (Å²) in [5, 5.41) is 7.56. The highest BCUT2D eigenvalue weighted by molar-refractivity contribution is 7.17. The molecule has 0 bridgehead atoms. The van der Waals surface area contributed by atoms with Gasteiger partial charge in [-0.2, -0.15) is 5.10 Å². The number of benzene rings is 1. The molecule has 1 aliphatic heterocycles. The van der Waals surface area contributed by atoms with E-state index in [0.29, 0.717) is 27.1 Å². The zero-order valence-electron chi connectivity index (χ0n) is 15.2. The van der Waals surface area contributed by atoms with Crippen LogP contribution in [-0.2, 0) is 11.3 Å². The summed E-state index contributed by atoms with van der Waals surface area (Å²) in [6.45, 7) is 0.315. The summed E-state index contributed by atoms with van der Waals surface area (Å²) in [6.07, 6.45) is 4.64. The Kier molecular flexibility index (Phi) is 4.70. The van der Waals surface area contributed by atoms with Gasteiger partial charge in [-0.15, -0.1) is 11.3 Å². The van der Waals surface area contributed by atoms with Crippen LogP contribution in [0.1, 0.15) is 9.67 Å². The van der Waals surface area contributed by atoms with E-state index in [1.54, 1.807) is 20.3 Å². The summed E-state index contributed by atoms with van der Waals surface area (Å²) in [5.41, 5.74) is 1.36. The molecule has 10 heteroatoms. The third kappa shape index (κ3) is 3.67. The van der Waals surface area contributed by atoms with Crippen LogP contribution in [0.3, 0.4) is 0 Å². The summed E-state index contributed by atoms with van der Waals surface area (Å²) < 4.78 is 12.2. The van der Waals surface area contributed by atoms with Gasteiger partial charge >= 0.3 is 0 Å². The molecule has 28 heavy (non-hydrogen) atoms. The quantitative estimate of drug-likeness (QED) is 0.705. The van der Waals surface area contributed by atoms with E-state index in [1.165, 1.54) is 33.3 Å². The molecule has 0 unspecified atom stereocenters. The van der Waals surface area contributed by atoms with Gasteiger partial charge in [-0.05, 0) is 18.2 Å². The highest BCUT2D eigenvalue weighted by atomic mass is 32.1. The van der Waals surface area contributed by atoms with Gasteiger partial charge in [0, 0.05) is 25.9 Å². The second kappa shape index (κ2) is 7.31. The number of nitrogens with zero attached hydrogens (tertiary/aromatic N) is 4. The number of hydrogen-bond donors (Lipinski definition) is 1. The van der Waals surface area contributed by atoms with E-state index in [2.05, 4.69) is 15.4 Å². The van der Waals surface area contributed by atoms with E-state index < -0.39 is 0 Å². The number of carbonyl (C=O) groups excluding carboxylic acids is 2. The second-order valence-corrected chi connectivity index (χ2v) is 7.30. The standard InChI is InChI=1S/C18H17N5O4S/c1-22(2)16(24)9-23-8-12(6-20-23)21-17(25)15-7-19-18(28-15)11-3-4-13-14(5-11)27-10-26-13/h3-8H,9-10H2,1-2H3,(H,21,25). The van der Waals surface area contributed by atoms with Gasteiger partial charge in [0.2, 0.25) is 12.7 Å². The molecule has 0 aliphatic carbocycles. The number of anilines is 1. The Hall–Kier alpha value is -3.40. The molecule has 0 saturated carbocycles. The maximum atomic E-state index is 12.5. The monoisotopic (exact) mass is 399 g/mol. The van der Waals surface area contributed by atoms with Crippen molar-refractivity contribution in [1.82, 2.24) is 19.7 Å². The molecule has 144 valence electrons. The van der Waals surface area contributed by atoms with Gasteiger partial charge in [0.1, 0.15) is 16.4 Å². The predicted molar refractivity (Wildman–Crippen MR) is 103 cm³/mol. The fourth-order valence-electron chi connectivity index (χ4n) is 2.53. The number of ether oxygens (including phenoxy) is 2. The molecule has 0 fully saturated rings. The molecule has 1 N–H and O–H groups in total. The summed E-state index contributed by atoms with van der Waals surface area (Å²) in [4.78, 5) is 30.5. The third-order valence-corrected chi connectivity index (χ3v) is 5.08. The zero-order valence-corrected chi connectivity index (χ0v) is 16.0. The van der Waals surface area contributed by atoms with Crippen molar-refractivity contribution in [2.75, 3.05) is 26.2 Å². The largest absolute Gasteiger partial charge is 0.454 e. The molecular formula is C18H17N5O4S. The molecule has 2 aromatic heterocycles. The van der Waals surface area contributed by atoms with Gasteiger partial charge in [0.25, 0.3) is 5.91 Å². The molecular weight excluding hydrogens is 382 g/mol. The van der Waals surface area contributed by atoms with Crippen molar-refractivity contribution in [2.24, 2.45) is 0 Å². The van der Waals surface area contributed by atoms with E-state index in [0.717, 1.165) is 5.56 Å². The normalized spacial score (nSPS) is 12.1. The Bertz CT molecular complexity index is 1040. The predicted octanol–water partition coefficient (Wildman–Crippen LogP) is 2.08. The molecule has 3 heterocycles. The van der Waals surface area contributed by atoms with Gasteiger partial charge < -0.3 is 19.7 Å². The minimum atomic E-state index is -0.289. The summed E-state index contributed by atoms with van der Waals surface area (Å²) in [5.74, 6) is 0.987. The van der Waals surface area contributed by atoms with E-state index >= 15 is 0 Å². The molecule has 0 spiro atoms. The van der Waals surface area contributed by atoms with Crippen LogP contribution in [0.15, 0.2) is 36.8 Å². The summed E-state index contributed by atoms with van der Waals surface area (Å²) in [6, 6.07) is 5.54. The van der Waals surface area contributed by atoms with E-state index in [4.69, 9.17) is 9.47 Å². The van der Waals surface area contributed by atoms with E-state index in [1.807, 2.05) is 18.2 Å². The number of aromatic nitrogens is 3. The number of nitrogens with one attached hydrogen (secondary N) is 1. The Balaban J connectivity index is 1.44. The van der Waals surface area contributed by atoms with Crippen molar-refractivity contribution in [1.29, 1.82) is 0 Å². The topological polar surface area (TPSA) is 98.6 Å². The summed E-state index contributed by atoms with van der Waals surface area (Å²) >= 11 is 1.27. The van der Waals surface area contributed by atoms with Crippen LogP contribution in [0.2, 0.25) is 0 Å². The van der Waals surface area contributed by atoms with Crippen LogP contribution in [0, 0.1) is 0 Å². The zero-order chi connectivity index (χ0) is 19.7. The Morgan fingerprint density at radius 3 is 2.89 bits per heavy atom. The molecule has 0 radical (unpaired) electrons. The van der Waals surface area contributed by atoms with Crippen molar-refractivity contribution in [3.05, 3.63) is 41.7 Å². The van der Waals surface area contributed by atoms with Crippen molar-refractivity contribution >= 4 is 28.8 Å². The fraction of sp³-hybridized carbons (Fsp3) is 0.222. The molecule has 2 amide bonds. The van der Waals surface area contributed by atoms with Crippen LogP contribution in [0.5, 0.6) is 11.5 Å². The van der Waals surface area contributed by atoms with Crippen molar-refractivity contribution < 1.29 is 19.1 Å². The number of amides is 2. The number of rotatable bonds is 5. The van der Waals surface area contributed by atoms with Crippen LogP contribution in [-0.4, -0.2) is 52.4 Å². The van der Waals surface area contributed by atoms with Crippen LogP contribution >= 0.6 is 11.3 Å². The highest BCUT2D eigenvalue weighted by Crippen LogP contribution is 2.37. The smallest absolute Gasteiger partial charge is 0.267 e. The molecule has 0 atom stereocenters. The number of likely N-dealkylation sites (N-methyl/N-ethyl adjacent to an activating group) is 1. The first-order valence-corrected chi connectivity index (χ1v) is 9.21. The van der Waals surface area contributed by atoms with Crippen molar-refractivity contribution in [2.45, 2.75) is 6.54 Å². The number of hydrogen-bond acceptors (Lipinski definition) is 7. The number of thiazole rings is 1. The van der Waals surface area contributed by atoms with Crippen LogP contribution in [0.4, 0.5) is 5.69 Å². The average Bonchev–Trinajstić information content (AvgIpc) is 3.41. The van der Waals surface area contributed by atoms with Crippen LogP contribution < -0.4 is 14.8 Å². The number of fused-ring (bicyclic) bond motifs is 1. The highest BCUT2D eigenvalue weighted by Gasteiger charge is 2.17. The lowest BCUT2D eigenvalue weighted by molar-refractivity contribution is -0.129. The van der Waals surface area contributed by atoms with Gasteiger partial charge in [0.15, 0.2) is 11.5 Å². The van der Waals surface area contributed by atoms with E-state index in [-0.39, 0.29) is 25.2 Å². The maximum Gasteiger partial charge on any atom is 0.267 e. The number of carbonyl (C=O) groups is 2. The Morgan fingerprint density at radius 2 is 2.07 bits per heavy atom. The lowest BCUT2D eigenvalue weighted by Gasteiger charge is -2.09. The minimum absolute atomic E-state index is 0.0863. The summed E-state index contributed by atoms with van der Waals surface area (Å²) in [7, 11) is 3.35. The maximum absolute atomic E-state index is 12.5. The van der Waals surface area contributed by atoms with Gasteiger partial charge in [-0.1, -0.05) is 0 Å². The fourth-order valence-corrected chi connectivity index (χ4v) is 3.34. The molecule has 9 nitrogen and oxygen atoms in total. The third-order valence-electron chi connectivity index (χ3n) is 4.04. The molecule has 3 aromatic rings. The lowest BCUT2D eigenvalue weighted by Crippen LogP contribution is -2.26. The Morgan fingerprint density at radius 1 is 1.25 bits per heavy atom. The van der Waals surface area contributed by atoms with Gasteiger partial charge in [-0.3, -0.25) is 14.3 Å². The Labute approximate surface area is 164 Å². The molecule has 1 aromatic carbocycles. The SMILES string of the molecule is CN(C)C(=O)Cn1cc(NC(=O)c2cnc(-c3ccc4c(c3)OCO4)s2)cn1. The van der Waals surface area contributed by atoms with Crippen molar-refractivity contribution in [3.63, 3.8) is 0 Å². The first kappa shape index (κ1) is 18.0. The molecule has 1 aliphatic rings. The van der Waals surface area contributed by atoms with Gasteiger partial charge in [0.05, 0.1) is 18.1 Å². The second-order valence-electron chi connectivity index (χ2n) is 6.27. The average molecular weight is 399 g/mol. The van der Waals surface area contributed by atoms with Crippen molar-refractivity contribution in [3.8, 4) is 22.1 Å².